The van der Waals surface area contributed by atoms with Crippen LogP contribution in [0.5, 0.6) is 5.75 Å². The molecule has 0 saturated carbocycles. The molecule has 1 aromatic carbocycles. The number of nitrogens with two attached hydrogens (primary N) is 2. The van der Waals surface area contributed by atoms with Gasteiger partial charge < -0.3 is 25.7 Å². The quantitative estimate of drug-likeness (QED) is 0.819. The number of hydrogen-bond acceptors (Lipinski definition) is 3. The Balaban J connectivity index is 2.31. The van der Waals surface area contributed by atoms with Gasteiger partial charge in [0.1, 0.15) is 10.9 Å². The number of urea groups is 1. The molecule has 4 N–H and O–H groups in total. The Morgan fingerprint density at radius 1 is 1.14 bits per heavy atom. The largest absolute Gasteiger partial charge is 0.497 e. The molecule has 3 rings (SSSR count). The fraction of sp³-hybridized carbons (Fsp3) is 0.400. The zero-order valence-corrected chi connectivity index (χ0v) is 17.2. The molecule has 1 aliphatic rings. The molecule has 1 unspecified atom stereocenters. The molecule has 1 aliphatic heterocycles. The van der Waals surface area contributed by atoms with Crippen LogP contribution in [0.15, 0.2) is 24.3 Å². The van der Waals surface area contributed by atoms with Gasteiger partial charge in [-0.1, -0.05) is 44.5 Å². The molecule has 2 aromatic rings. The van der Waals surface area contributed by atoms with Crippen LogP contribution < -0.4 is 16.2 Å². The highest BCUT2D eigenvalue weighted by molar-refractivity contribution is 6.33. The molecule has 0 bridgehead atoms. The molecule has 0 spiro atoms. The summed E-state index contributed by atoms with van der Waals surface area (Å²) in [6, 6.07) is 6.27. The zero-order valence-electron chi connectivity index (χ0n) is 16.5. The van der Waals surface area contributed by atoms with Gasteiger partial charge in [0.15, 0.2) is 0 Å². The van der Waals surface area contributed by atoms with Crippen molar-refractivity contribution in [2.24, 2.45) is 16.9 Å². The van der Waals surface area contributed by atoms with Crippen molar-refractivity contribution in [3.8, 4) is 16.9 Å². The lowest BCUT2D eigenvalue weighted by atomic mass is 9.81. The van der Waals surface area contributed by atoms with Crippen molar-refractivity contribution < 1.29 is 14.3 Å². The average Bonchev–Trinajstić information content (AvgIpc) is 2.93. The monoisotopic (exact) mass is 404 g/mol. The van der Waals surface area contributed by atoms with Gasteiger partial charge in [-0.15, -0.1) is 0 Å². The van der Waals surface area contributed by atoms with E-state index in [-0.39, 0.29) is 0 Å². The number of hydrogen-bond donors (Lipinski definition) is 2. The molecule has 1 atom stereocenters. The summed E-state index contributed by atoms with van der Waals surface area (Å²) in [6.07, 6.45) is 0. The summed E-state index contributed by atoms with van der Waals surface area (Å²) in [5, 5.41) is 0.423. The summed E-state index contributed by atoms with van der Waals surface area (Å²) in [4.78, 5) is 26.2. The third kappa shape index (κ3) is 3.20. The molecule has 28 heavy (non-hydrogen) atoms. The summed E-state index contributed by atoms with van der Waals surface area (Å²) in [7, 11) is 1.58. The van der Waals surface area contributed by atoms with Crippen LogP contribution in [0.2, 0.25) is 5.15 Å². The van der Waals surface area contributed by atoms with E-state index in [2.05, 4.69) is 0 Å². The topological polar surface area (TPSA) is 104 Å². The lowest BCUT2D eigenvalue weighted by molar-refractivity contribution is 0.0919. The number of primary amides is 2. The zero-order chi connectivity index (χ0) is 20.8. The minimum absolute atomic E-state index is 0.320. The highest BCUT2D eigenvalue weighted by Crippen LogP contribution is 2.47. The van der Waals surface area contributed by atoms with Gasteiger partial charge in [-0.3, -0.25) is 4.79 Å². The fourth-order valence-electron chi connectivity index (χ4n) is 3.98. The molecule has 1 aromatic heterocycles. The van der Waals surface area contributed by atoms with Gasteiger partial charge in [0.25, 0.3) is 5.91 Å². The molecule has 150 valence electrons. The van der Waals surface area contributed by atoms with Gasteiger partial charge >= 0.3 is 6.03 Å². The van der Waals surface area contributed by atoms with Crippen molar-refractivity contribution in [1.82, 2.24) is 9.47 Å². The molecular weight excluding hydrogens is 380 g/mol. The van der Waals surface area contributed by atoms with Crippen molar-refractivity contribution in [1.29, 1.82) is 0 Å². The summed E-state index contributed by atoms with van der Waals surface area (Å²) in [6.45, 7) is 6.80. The number of methoxy groups -OCH3 is 1. The van der Waals surface area contributed by atoms with Crippen LogP contribution in [0, 0.1) is 5.41 Å². The van der Waals surface area contributed by atoms with Crippen molar-refractivity contribution in [3.63, 3.8) is 0 Å². The summed E-state index contributed by atoms with van der Waals surface area (Å²) < 4.78 is 7.08. The number of rotatable bonds is 3. The van der Waals surface area contributed by atoms with Gasteiger partial charge in [0, 0.05) is 18.7 Å². The fourth-order valence-corrected chi connectivity index (χ4v) is 4.36. The van der Waals surface area contributed by atoms with Crippen molar-refractivity contribution in [3.05, 3.63) is 40.7 Å². The Morgan fingerprint density at radius 2 is 1.75 bits per heavy atom. The third-order valence-corrected chi connectivity index (χ3v) is 5.50. The Kier molecular flexibility index (Phi) is 5.06. The van der Waals surface area contributed by atoms with Crippen LogP contribution in [0.1, 0.15) is 42.9 Å². The smallest absolute Gasteiger partial charge is 0.315 e. The lowest BCUT2D eigenvalue weighted by Gasteiger charge is -2.43. The number of carbonyl (C=O) groups is 2. The SMILES string of the molecule is COc1ccc(-c2c(C(N)=O)c3n(c2Cl)CCN(C(N)=O)C3C(C)(C)C)cc1. The predicted octanol–water partition coefficient (Wildman–Crippen LogP) is 3.40. The van der Waals surface area contributed by atoms with Crippen LogP contribution in [-0.4, -0.2) is 35.1 Å². The van der Waals surface area contributed by atoms with E-state index in [4.69, 9.17) is 27.8 Å². The third-order valence-electron chi connectivity index (χ3n) is 5.10. The number of amides is 3. The molecule has 0 aliphatic carbocycles. The lowest BCUT2D eigenvalue weighted by Crippen LogP contribution is -2.49. The number of carbonyl (C=O) groups excluding carboxylic acids is 2. The molecule has 7 nitrogen and oxygen atoms in total. The normalized spacial score (nSPS) is 16.6. The second-order valence-corrected chi connectivity index (χ2v) is 8.33. The summed E-state index contributed by atoms with van der Waals surface area (Å²) in [5.41, 5.74) is 13.3. The maximum absolute atomic E-state index is 12.5. The highest BCUT2D eigenvalue weighted by atomic mass is 35.5. The van der Waals surface area contributed by atoms with E-state index in [1.54, 1.807) is 24.1 Å². The standard InChI is InChI=1S/C20H25ClN4O3/c1-20(2,3)16-15-14(18(22)26)13(11-5-7-12(28-4)8-6-11)17(21)24(15)9-10-25(16)19(23)27/h5-8,16H,9-10H2,1-4H3,(H2,22,26)(H2,23,27). The average molecular weight is 405 g/mol. The molecule has 3 amide bonds. The van der Waals surface area contributed by atoms with E-state index in [1.165, 1.54) is 0 Å². The summed E-state index contributed by atoms with van der Waals surface area (Å²) in [5.74, 6) is 0.0963. The highest BCUT2D eigenvalue weighted by Gasteiger charge is 2.43. The van der Waals surface area contributed by atoms with Crippen LogP contribution in [0.3, 0.4) is 0 Å². The van der Waals surface area contributed by atoms with Crippen LogP contribution in [0.25, 0.3) is 11.1 Å². The first-order valence-corrected chi connectivity index (χ1v) is 9.38. The van der Waals surface area contributed by atoms with E-state index >= 15 is 0 Å². The Hall–Kier alpha value is -2.67. The minimum Gasteiger partial charge on any atom is -0.497 e. The van der Waals surface area contributed by atoms with Crippen molar-refractivity contribution in [2.75, 3.05) is 13.7 Å². The summed E-state index contributed by atoms with van der Waals surface area (Å²) >= 11 is 6.73. The molecule has 8 heteroatoms. The second-order valence-electron chi connectivity index (χ2n) is 7.97. The number of benzene rings is 1. The maximum atomic E-state index is 12.5. The number of aromatic nitrogens is 1. The van der Waals surface area contributed by atoms with E-state index in [9.17, 15) is 9.59 Å². The molecule has 2 heterocycles. The van der Waals surface area contributed by atoms with Gasteiger partial charge in [0.2, 0.25) is 0 Å². The molecule has 0 saturated heterocycles. The van der Waals surface area contributed by atoms with Crippen LogP contribution in [-0.2, 0) is 6.54 Å². The predicted molar refractivity (Wildman–Crippen MR) is 108 cm³/mol. The van der Waals surface area contributed by atoms with Gasteiger partial charge in [-0.2, -0.15) is 0 Å². The first-order valence-electron chi connectivity index (χ1n) is 9.00. The van der Waals surface area contributed by atoms with E-state index in [0.717, 1.165) is 5.56 Å². The van der Waals surface area contributed by atoms with Crippen LogP contribution >= 0.6 is 11.6 Å². The van der Waals surface area contributed by atoms with Crippen molar-refractivity contribution in [2.45, 2.75) is 33.4 Å². The number of nitrogens with zero attached hydrogens (tertiary/aromatic N) is 2. The molecule has 0 radical (unpaired) electrons. The van der Waals surface area contributed by atoms with Gasteiger partial charge in [0.05, 0.1) is 24.4 Å². The molecular formula is C20H25ClN4O3. The first kappa shape index (κ1) is 20.1. The Bertz CT molecular complexity index is 928. The van der Waals surface area contributed by atoms with E-state index in [1.807, 2.05) is 37.5 Å². The number of ether oxygens (including phenoxy) is 1. The minimum atomic E-state index is -0.595. The Morgan fingerprint density at radius 3 is 2.21 bits per heavy atom. The molecule has 0 fully saturated rings. The second kappa shape index (κ2) is 7.05. The van der Waals surface area contributed by atoms with Gasteiger partial charge in [-0.25, -0.2) is 4.79 Å². The van der Waals surface area contributed by atoms with Crippen LogP contribution in [0.4, 0.5) is 4.79 Å². The van der Waals surface area contributed by atoms with E-state index < -0.39 is 23.4 Å². The van der Waals surface area contributed by atoms with E-state index in [0.29, 0.717) is 40.8 Å². The maximum Gasteiger partial charge on any atom is 0.315 e. The van der Waals surface area contributed by atoms with Gasteiger partial charge in [-0.05, 0) is 23.1 Å². The number of halogens is 1. The first-order chi connectivity index (χ1) is 13.1. The van der Waals surface area contributed by atoms with Crippen molar-refractivity contribution >= 4 is 23.5 Å². The number of fused-ring (bicyclic) bond motifs is 1. The Labute approximate surface area is 169 Å².